The first-order chi connectivity index (χ1) is 12.1. The lowest BCUT2D eigenvalue weighted by Crippen LogP contribution is -2.33. The van der Waals surface area contributed by atoms with E-state index in [2.05, 4.69) is 26.2 Å². The Kier molecular flexibility index (Phi) is 6.09. The predicted molar refractivity (Wildman–Crippen MR) is 95.9 cm³/mol. The quantitative estimate of drug-likeness (QED) is 0.790. The molecule has 2 aromatic rings. The van der Waals surface area contributed by atoms with E-state index in [4.69, 9.17) is 13.9 Å². The van der Waals surface area contributed by atoms with Crippen LogP contribution < -0.4 is 10.1 Å². The number of carbonyl (C=O) groups is 1. The van der Waals surface area contributed by atoms with Crippen molar-refractivity contribution >= 4 is 21.8 Å². The highest BCUT2D eigenvalue weighted by Gasteiger charge is 2.22. The highest BCUT2D eigenvalue weighted by atomic mass is 79.9. The molecule has 25 heavy (non-hydrogen) atoms. The van der Waals surface area contributed by atoms with Gasteiger partial charge in [-0.1, -0.05) is 22.0 Å². The molecule has 0 bridgehead atoms. The Balaban J connectivity index is 1.49. The second kappa shape index (κ2) is 8.49. The van der Waals surface area contributed by atoms with Gasteiger partial charge in [0.25, 0.3) is 5.91 Å². The maximum Gasteiger partial charge on any atom is 0.273 e. The average Bonchev–Trinajstić information content (AvgIpc) is 3.11. The van der Waals surface area contributed by atoms with Crippen LogP contribution in [0.2, 0.25) is 0 Å². The van der Waals surface area contributed by atoms with E-state index >= 15 is 0 Å². The second-order valence-electron chi connectivity index (χ2n) is 6.05. The summed E-state index contributed by atoms with van der Waals surface area (Å²) in [6.07, 6.45) is 3.00. The molecule has 1 aliphatic rings. The lowest BCUT2D eigenvalue weighted by Gasteiger charge is -2.18. The molecule has 2 heterocycles. The average molecular weight is 409 g/mol. The molecule has 1 fully saturated rings. The fourth-order valence-electron chi connectivity index (χ4n) is 2.67. The van der Waals surface area contributed by atoms with Gasteiger partial charge in [-0.05, 0) is 38.0 Å². The van der Waals surface area contributed by atoms with Gasteiger partial charge in [-0.25, -0.2) is 4.98 Å². The van der Waals surface area contributed by atoms with E-state index in [1.807, 2.05) is 31.2 Å². The molecule has 1 N–H and O–H groups in total. The van der Waals surface area contributed by atoms with Crippen LogP contribution in [-0.2, 0) is 4.74 Å². The van der Waals surface area contributed by atoms with E-state index in [0.29, 0.717) is 31.3 Å². The molecule has 6 nitrogen and oxygen atoms in total. The number of hydrogen-bond donors (Lipinski definition) is 1. The van der Waals surface area contributed by atoms with E-state index in [0.717, 1.165) is 23.1 Å². The Hall–Kier alpha value is -1.86. The number of amides is 1. The van der Waals surface area contributed by atoms with E-state index in [1.54, 1.807) is 0 Å². The summed E-state index contributed by atoms with van der Waals surface area (Å²) in [7, 11) is 0. The first kappa shape index (κ1) is 17.9. The van der Waals surface area contributed by atoms with Gasteiger partial charge in [0, 0.05) is 23.6 Å². The first-order valence-corrected chi connectivity index (χ1v) is 9.14. The van der Waals surface area contributed by atoms with E-state index < -0.39 is 0 Å². The van der Waals surface area contributed by atoms with Crippen LogP contribution in [0.15, 0.2) is 39.4 Å². The SMILES string of the molecule is CC(CNC(=O)c1coc(C2CCOCC2)n1)Oc1cccc(Br)c1. The number of halogens is 1. The summed E-state index contributed by atoms with van der Waals surface area (Å²) in [6.45, 7) is 3.69. The minimum Gasteiger partial charge on any atom is -0.489 e. The van der Waals surface area contributed by atoms with Crippen LogP contribution in [0.5, 0.6) is 5.75 Å². The predicted octanol–water partition coefficient (Wildman–Crippen LogP) is 3.53. The van der Waals surface area contributed by atoms with Crippen LogP contribution in [0.3, 0.4) is 0 Å². The van der Waals surface area contributed by atoms with Crippen molar-refractivity contribution in [3.05, 3.63) is 46.6 Å². The Labute approximate surface area is 155 Å². The van der Waals surface area contributed by atoms with E-state index in [1.165, 1.54) is 6.26 Å². The third kappa shape index (κ3) is 5.06. The summed E-state index contributed by atoms with van der Waals surface area (Å²) in [4.78, 5) is 16.6. The molecule has 1 aromatic heterocycles. The van der Waals surface area contributed by atoms with Crippen LogP contribution in [0.25, 0.3) is 0 Å². The fraction of sp³-hybridized carbons (Fsp3) is 0.444. The maximum absolute atomic E-state index is 12.2. The number of oxazole rings is 1. The number of carbonyl (C=O) groups excluding carboxylic acids is 1. The molecule has 1 amide bonds. The number of ether oxygens (including phenoxy) is 2. The van der Waals surface area contributed by atoms with Crippen molar-refractivity contribution in [3.63, 3.8) is 0 Å². The monoisotopic (exact) mass is 408 g/mol. The highest BCUT2D eigenvalue weighted by Crippen LogP contribution is 2.26. The Morgan fingerprint density at radius 1 is 1.44 bits per heavy atom. The first-order valence-electron chi connectivity index (χ1n) is 8.35. The molecule has 0 saturated carbocycles. The summed E-state index contributed by atoms with van der Waals surface area (Å²) in [5.74, 6) is 1.34. The topological polar surface area (TPSA) is 73.6 Å². The van der Waals surface area contributed by atoms with Crippen molar-refractivity contribution in [1.82, 2.24) is 10.3 Å². The van der Waals surface area contributed by atoms with Crippen LogP contribution in [0, 0.1) is 0 Å². The standard InChI is InChI=1S/C18H21BrN2O4/c1-12(25-15-4-2-3-14(19)9-15)10-20-17(22)16-11-24-18(21-16)13-5-7-23-8-6-13/h2-4,9,11-13H,5-8,10H2,1H3,(H,20,22). The van der Waals surface area contributed by atoms with Gasteiger partial charge < -0.3 is 19.2 Å². The highest BCUT2D eigenvalue weighted by molar-refractivity contribution is 9.10. The van der Waals surface area contributed by atoms with Crippen LogP contribution in [-0.4, -0.2) is 36.8 Å². The van der Waals surface area contributed by atoms with Crippen molar-refractivity contribution in [2.75, 3.05) is 19.8 Å². The zero-order valence-corrected chi connectivity index (χ0v) is 15.6. The molecule has 7 heteroatoms. The lowest BCUT2D eigenvalue weighted by molar-refractivity contribution is 0.0794. The van der Waals surface area contributed by atoms with Crippen LogP contribution in [0.4, 0.5) is 0 Å². The van der Waals surface area contributed by atoms with Gasteiger partial charge in [0.15, 0.2) is 11.6 Å². The molecule has 3 rings (SSSR count). The van der Waals surface area contributed by atoms with Gasteiger partial charge in [-0.15, -0.1) is 0 Å². The van der Waals surface area contributed by atoms with Gasteiger partial charge in [-0.3, -0.25) is 4.79 Å². The van der Waals surface area contributed by atoms with E-state index in [9.17, 15) is 4.79 Å². The normalized spacial score (nSPS) is 16.4. The summed E-state index contributed by atoms with van der Waals surface area (Å²) < 4.78 is 17.5. The number of rotatable bonds is 6. The fourth-order valence-corrected chi connectivity index (χ4v) is 3.04. The molecular formula is C18H21BrN2O4. The second-order valence-corrected chi connectivity index (χ2v) is 6.97. The van der Waals surface area contributed by atoms with Crippen LogP contribution >= 0.6 is 15.9 Å². The third-order valence-electron chi connectivity index (χ3n) is 4.01. The molecule has 1 saturated heterocycles. The van der Waals surface area contributed by atoms with Gasteiger partial charge in [0.2, 0.25) is 0 Å². The number of aromatic nitrogens is 1. The van der Waals surface area contributed by atoms with Crippen molar-refractivity contribution in [2.45, 2.75) is 31.8 Å². The number of benzene rings is 1. The Morgan fingerprint density at radius 3 is 3.00 bits per heavy atom. The lowest BCUT2D eigenvalue weighted by atomic mass is 10.0. The summed E-state index contributed by atoms with van der Waals surface area (Å²) in [5.41, 5.74) is 0.302. The minimum atomic E-state index is -0.258. The maximum atomic E-state index is 12.2. The van der Waals surface area contributed by atoms with Crippen molar-refractivity contribution in [3.8, 4) is 5.75 Å². The number of hydrogen-bond acceptors (Lipinski definition) is 5. The number of nitrogens with zero attached hydrogens (tertiary/aromatic N) is 1. The summed E-state index contributed by atoms with van der Waals surface area (Å²) in [5, 5.41) is 2.83. The van der Waals surface area contributed by atoms with E-state index in [-0.39, 0.29) is 17.9 Å². The molecule has 0 aliphatic carbocycles. The third-order valence-corrected chi connectivity index (χ3v) is 4.50. The minimum absolute atomic E-state index is 0.167. The zero-order chi connectivity index (χ0) is 17.6. The summed E-state index contributed by atoms with van der Waals surface area (Å²) in [6, 6.07) is 7.59. The van der Waals surface area contributed by atoms with Gasteiger partial charge in [0.05, 0.1) is 6.54 Å². The van der Waals surface area contributed by atoms with Crippen molar-refractivity contribution in [1.29, 1.82) is 0 Å². The molecule has 1 unspecified atom stereocenters. The Morgan fingerprint density at radius 2 is 2.24 bits per heavy atom. The largest absolute Gasteiger partial charge is 0.489 e. The molecule has 134 valence electrons. The molecule has 1 atom stereocenters. The Bertz CT molecular complexity index is 713. The molecule has 0 spiro atoms. The molecule has 1 aliphatic heterocycles. The van der Waals surface area contributed by atoms with Crippen LogP contribution in [0.1, 0.15) is 42.1 Å². The van der Waals surface area contributed by atoms with Gasteiger partial charge >= 0.3 is 0 Å². The molecular weight excluding hydrogens is 388 g/mol. The summed E-state index contributed by atoms with van der Waals surface area (Å²) >= 11 is 3.40. The van der Waals surface area contributed by atoms with Gasteiger partial charge in [0.1, 0.15) is 18.1 Å². The number of nitrogens with one attached hydrogen (secondary N) is 1. The molecule has 0 radical (unpaired) electrons. The van der Waals surface area contributed by atoms with Crippen molar-refractivity contribution < 1.29 is 18.7 Å². The van der Waals surface area contributed by atoms with Crippen molar-refractivity contribution in [2.24, 2.45) is 0 Å². The smallest absolute Gasteiger partial charge is 0.273 e. The molecule has 1 aromatic carbocycles. The zero-order valence-electron chi connectivity index (χ0n) is 14.0. The van der Waals surface area contributed by atoms with Gasteiger partial charge in [-0.2, -0.15) is 0 Å².